The second-order valence-electron chi connectivity index (χ2n) is 3.84. The van der Waals surface area contributed by atoms with Gasteiger partial charge in [0.2, 0.25) is 5.89 Å². The summed E-state index contributed by atoms with van der Waals surface area (Å²) in [5.41, 5.74) is 7.27. The zero-order valence-corrected chi connectivity index (χ0v) is 10.7. The van der Waals surface area contributed by atoms with Crippen molar-refractivity contribution in [1.82, 2.24) is 4.98 Å². The summed E-state index contributed by atoms with van der Waals surface area (Å²) in [7, 11) is 3.25. The first-order valence-corrected chi connectivity index (χ1v) is 5.57. The number of hydrogen-bond donors (Lipinski definition) is 1. The number of benzene rings is 1. The fraction of sp³-hybridized carbons (Fsp3) is 0.308. The molecule has 18 heavy (non-hydrogen) atoms. The van der Waals surface area contributed by atoms with E-state index in [9.17, 15) is 0 Å². The second kappa shape index (κ2) is 5.10. The Bertz CT molecular complexity index is 549. The lowest BCUT2D eigenvalue weighted by Gasteiger charge is -2.11. The smallest absolute Gasteiger partial charge is 0.208 e. The topological polar surface area (TPSA) is 70.5 Å². The molecule has 0 aliphatic carbocycles. The van der Waals surface area contributed by atoms with Gasteiger partial charge in [0.25, 0.3) is 0 Å². The van der Waals surface area contributed by atoms with Crippen LogP contribution in [0.25, 0.3) is 11.3 Å². The number of rotatable bonds is 4. The van der Waals surface area contributed by atoms with Crippen LogP contribution in [0.2, 0.25) is 0 Å². The third-order valence-corrected chi connectivity index (χ3v) is 2.71. The van der Waals surface area contributed by atoms with E-state index in [1.807, 2.05) is 19.1 Å². The van der Waals surface area contributed by atoms with Crippen LogP contribution in [-0.4, -0.2) is 19.2 Å². The van der Waals surface area contributed by atoms with E-state index in [4.69, 9.17) is 19.6 Å². The third-order valence-electron chi connectivity index (χ3n) is 2.71. The van der Waals surface area contributed by atoms with Gasteiger partial charge in [-0.25, -0.2) is 4.98 Å². The molecule has 0 saturated heterocycles. The largest absolute Gasteiger partial charge is 0.496 e. The van der Waals surface area contributed by atoms with Crippen LogP contribution < -0.4 is 15.2 Å². The van der Waals surface area contributed by atoms with Gasteiger partial charge in [-0.3, -0.25) is 0 Å². The highest BCUT2D eigenvalue weighted by molar-refractivity contribution is 5.68. The van der Waals surface area contributed by atoms with Crippen molar-refractivity contribution < 1.29 is 13.9 Å². The maximum Gasteiger partial charge on any atom is 0.208 e. The van der Waals surface area contributed by atoms with Crippen molar-refractivity contribution in [3.63, 3.8) is 0 Å². The fourth-order valence-corrected chi connectivity index (χ4v) is 1.77. The van der Waals surface area contributed by atoms with Crippen molar-refractivity contribution in [2.45, 2.75) is 13.5 Å². The number of aromatic nitrogens is 1. The lowest BCUT2D eigenvalue weighted by Crippen LogP contribution is -1.95. The molecule has 2 rings (SSSR count). The molecule has 96 valence electrons. The van der Waals surface area contributed by atoms with Gasteiger partial charge in [0.05, 0.1) is 32.5 Å². The van der Waals surface area contributed by atoms with Gasteiger partial charge in [0.1, 0.15) is 11.5 Å². The first-order valence-electron chi connectivity index (χ1n) is 5.57. The average molecular weight is 248 g/mol. The van der Waals surface area contributed by atoms with Gasteiger partial charge in [-0.15, -0.1) is 0 Å². The maximum atomic E-state index is 5.53. The molecular weight excluding hydrogens is 232 g/mol. The lowest BCUT2D eigenvalue weighted by molar-refractivity contribution is 0.400. The van der Waals surface area contributed by atoms with E-state index in [1.165, 1.54) is 0 Å². The molecule has 0 spiro atoms. The zero-order valence-electron chi connectivity index (χ0n) is 10.7. The fourth-order valence-electron chi connectivity index (χ4n) is 1.77. The van der Waals surface area contributed by atoms with Crippen molar-refractivity contribution in [3.8, 4) is 22.8 Å². The summed E-state index contributed by atoms with van der Waals surface area (Å²) >= 11 is 0. The Kier molecular flexibility index (Phi) is 3.53. The van der Waals surface area contributed by atoms with Gasteiger partial charge < -0.3 is 19.6 Å². The minimum Gasteiger partial charge on any atom is -0.496 e. The van der Waals surface area contributed by atoms with E-state index in [0.717, 1.165) is 16.9 Å². The minimum absolute atomic E-state index is 0.269. The zero-order chi connectivity index (χ0) is 13.1. The van der Waals surface area contributed by atoms with E-state index in [1.54, 1.807) is 20.4 Å². The summed E-state index contributed by atoms with van der Waals surface area (Å²) in [6.07, 6.45) is 1.63. The number of nitrogens with two attached hydrogens (primary N) is 1. The molecule has 2 N–H and O–H groups in total. The van der Waals surface area contributed by atoms with Gasteiger partial charge in [-0.05, 0) is 24.6 Å². The SMILES string of the molecule is COc1cc(-c2cnc(CN)o2)c(OC)cc1C. The van der Waals surface area contributed by atoms with Gasteiger partial charge in [-0.1, -0.05) is 0 Å². The summed E-state index contributed by atoms with van der Waals surface area (Å²) in [5.74, 6) is 2.60. The summed E-state index contributed by atoms with van der Waals surface area (Å²) in [4.78, 5) is 4.08. The highest BCUT2D eigenvalue weighted by Crippen LogP contribution is 2.36. The Morgan fingerprint density at radius 2 is 1.94 bits per heavy atom. The molecule has 0 saturated carbocycles. The highest BCUT2D eigenvalue weighted by atomic mass is 16.5. The van der Waals surface area contributed by atoms with Crippen molar-refractivity contribution >= 4 is 0 Å². The molecule has 1 heterocycles. The summed E-state index contributed by atoms with van der Waals surface area (Å²) in [5, 5.41) is 0. The predicted octanol–water partition coefficient (Wildman–Crippen LogP) is 2.13. The quantitative estimate of drug-likeness (QED) is 0.897. The molecule has 1 aromatic heterocycles. The van der Waals surface area contributed by atoms with Crippen LogP contribution in [0.15, 0.2) is 22.7 Å². The minimum atomic E-state index is 0.269. The molecule has 0 aliphatic rings. The molecule has 0 amide bonds. The van der Waals surface area contributed by atoms with Crippen molar-refractivity contribution in [1.29, 1.82) is 0 Å². The molecule has 0 unspecified atom stereocenters. The molecule has 0 radical (unpaired) electrons. The second-order valence-corrected chi connectivity index (χ2v) is 3.84. The van der Waals surface area contributed by atoms with Gasteiger partial charge in [-0.2, -0.15) is 0 Å². The molecule has 0 fully saturated rings. The van der Waals surface area contributed by atoms with Crippen LogP contribution in [0.1, 0.15) is 11.5 Å². The Balaban J connectivity index is 2.54. The monoisotopic (exact) mass is 248 g/mol. The summed E-state index contributed by atoms with van der Waals surface area (Å²) in [6.45, 7) is 2.22. The van der Waals surface area contributed by atoms with Gasteiger partial charge in [0.15, 0.2) is 5.76 Å². The molecule has 0 bridgehead atoms. The van der Waals surface area contributed by atoms with Crippen molar-refractivity contribution in [3.05, 3.63) is 29.8 Å². The van der Waals surface area contributed by atoms with Crippen LogP contribution >= 0.6 is 0 Å². The van der Waals surface area contributed by atoms with Crippen LogP contribution in [-0.2, 0) is 6.54 Å². The molecule has 0 atom stereocenters. The van der Waals surface area contributed by atoms with E-state index in [-0.39, 0.29) is 6.54 Å². The maximum absolute atomic E-state index is 5.53. The number of hydrogen-bond acceptors (Lipinski definition) is 5. The third kappa shape index (κ3) is 2.17. The number of aryl methyl sites for hydroxylation is 1. The Morgan fingerprint density at radius 3 is 2.50 bits per heavy atom. The van der Waals surface area contributed by atoms with Gasteiger partial charge in [0, 0.05) is 0 Å². The normalized spacial score (nSPS) is 10.4. The van der Waals surface area contributed by atoms with Crippen LogP contribution in [0.4, 0.5) is 0 Å². The number of nitrogens with zero attached hydrogens (tertiary/aromatic N) is 1. The average Bonchev–Trinajstić information content (AvgIpc) is 2.87. The molecule has 5 heteroatoms. The van der Waals surface area contributed by atoms with Gasteiger partial charge >= 0.3 is 0 Å². The highest BCUT2D eigenvalue weighted by Gasteiger charge is 2.14. The van der Waals surface area contributed by atoms with E-state index in [0.29, 0.717) is 17.4 Å². The van der Waals surface area contributed by atoms with E-state index < -0.39 is 0 Å². The molecule has 1 aromatic carbocycles. The first kappa shape index (κ1) is 12.4. The van der Waals surface area contributed by atoms with E-state index in [2.05, 4.69) is 4.98 Å². The molecule has 0 aliphatic heterocycles. The number of oxazole rings is 1. The number of ether oxygens (including phenoxy) is 2. The summed E-state index contributed by atoms with van der Waals surface area (Å²) < 4.78 is 16.2. The lowest BCUT2D eigenvalue weighted by atomic mass is 10.1. The standard InChI is InChI=1S/C13H16N2O3/c1-8-4-11(17-3)9(5-10(8)16-2)12-7-15-13(6-14)18-12/h4-5,7H,6,14H2,1-3H3. The molecule has 2 aromatic rings. The molecular formula is C13H16N2O3. The predicted molar refractivity (Wildman–Crippen MR) is 67.7 cm³/mol. The Hall–Kier alpha value is -2.01. The molecule has 5 nitrogen and oxygen atoms in total. The van der Waals surface area contributed by atoms with E-state index >= 15 is 0 Å². The Morgan fingerprint density at radius 1 is 1.22 bits per heavy atom. The number of methoxy groups -OCH3 is 2. The van der Waals surface area contributed by atoms with Crippen LogP contribution in [0, 0.1) is 6.92 Å². The van der Waals surface area contributed by atoms with Crippen LogP contribution in [0.5, 0.6) is 11.5 Å². The van der Waals surface area contributed by atoms with Crippen LogP contribution in [0.3, 0.4) is 0 Å². The first-order chi connectivity index (χ1) is 8.69. The Labute approximate surface area is 106 Å². The van der Waals surface area contributed by atoms with Crippen molar-refractivity contribution in [2.24, 2.45) is 5.73 Å². The summed E-state index contributed by atoms with van der Waals surface area (Å²) in [6, 6.07) is 3.77. The van der Waals surface area contributed by atoms with Crippen molar-refractivity contribution in [2.75, 3.05) is 14.2 Å².